The van der Waals surface area contributed by atoms with E-state index in [0.29, 0.717) is 5.41 Å². The van der Waals surface area contributed by atoms with Crippen LogP contribution in [0.5, 0.6) is 0 Å². The Morgan fingerprint density at radius 3 is 2.70 bits per heavy atom. The Kier molecular flexibility index (Phi) is 6.03. The molecule has 20 heavy (non-hydrogen) atoms. The molecule has 0 amide bonds. The van der Waals surface area contributed by atoms with Gasteiger partial charge in [-0.2, -0.15) is 0 Å². The molecule has 1 fully saturated rings. The third-order valence-electron chi connectivity index (χ3n) is 4.88. The van der Waals surface area contributed by atoms with Gasteiger partial charge in [0, 0.05) is 17.5 Å². The molecule has 1 unspecified atom stereocenters. The van der Waals surface area contributed by atoms with Gasteiger partial charge < -0.3 is 5.32 Å². The van der Waals surface area contributed by atoms with Crippen LogP contribution in [-0.4, -0.2) is 17.6 Å². The van der Waals surface area contributed by atoms with Gasteiger partial charge in [0.1, 0.15) is 0 Å². The van der Waals surface area contributed by atoms with Crippen molar-refractivity contribution in [3.63, 3.8) is 0 Å². The standard InChI is InChI=1S/C17H30N2S/c1-4-6-10-17(5-2,12-18-15-7-8-15)11-9-16-14(3)19-13-20-16/h13,15,18H,4-12H2,1-3H3. The maximum absolute atomic E-state index is 4.39. The van der Waals surface area contributed by atoms with Gasteiger partial charge in [-0.15, -0.1) is 11.3 Å². The van der Waals surface area contributed by atoms with Crippen LogP contribution in [0.2, 0.25) is 0 Å². The van der Waals surface area contributed by atoms with Crippen LogP contribution >= 0.6 is 11.3 Å². The van der Waals surface area contributed by atoms with Crippen molar-refractivity contribution in [3.05, 3.63) is 16.1 Å². The van der Waals surface area contributed by atoms with Gasteiger partial charge in [0.05, 0.1) is 11.2 Å². The van der Waals surface area contributed by atoms with Crippen molar-refractivity contribution in [2.75, 3.05) is 6.54 Å². The van der Waals surface area contributed by atoms with E-state index in [1.54, 1.807) is 0 Å². The van der Waals surface area contributed by atoms with Crippen molar-refractivity contribution in [3.8, 4) is 0 Å². The maximum Gasteiger partial charge on any atom is 0.0797 e. The van der Waals surface area contributed by atoms with Crippen LogP contribution in [0, 0.1) is 12.3 Å². The molecule has 0 aliphatic heterocycles. The first-order valence-electron chi connectivity index (χ1n) is 8.31. The van der Waals surface area contributed by atoms with E-state index in [1.165, 1.54) is 68.5 Å². The van der Waals surface area contributed by atoms with E-state index >= 15 is 0 Å². The van der Waals surface area contributed by atoms with Gasteiger partial charge in [0.25, 0.3) is 0 Å². The average Bonchev–Trinajstić information content (AvgIpc) is 3.21. The van der Waals surface area contributed by atoms with E-state index in [4.69, 9.17) is 0 Å². The van der Waals surface area contributed by atoms with Gasteiger partial charge in [-0.1, -0.05) is 26.7 Å². The number of nitrogens with zero attached hydrogens (tertiary/aromatic N) is 1. The monoisotopic (exact) mass is 294 g/mol. The highest BCUT2D eigenvalue weighted by molar-refractivity contribution is 7.09. The van der Waals surface area contributed by atoms with Crippen LogP contribution in [-0.2, 0) is 6.42 Å². The predicted molar refractivity (Wildman–Crippen MR) is 88.4 cm³/mol. The summed E-state index contributed by atoms with van der Waals surface area (Å²) in [7, 11) is 0. The summed E-state index contributed by atoms with van der Waals surface area (Å²) in [6.45, 7) is 8.05. The van der Waals surface area contributed by atoms with Gasteiger partial charge in [-0.3, -0.25) is 0 Å². The third-order valence-corrected chi connectivity index (χ3v) is 5.88. The molecular weight excluding hydrogens is 264 g/mol. The fourth-order valence-electron chi connectivity index (χ4n) is 2.93. The Hall–Kier alpha value is -0.410. The molecule has 1 atom stereocenters. The molecule has 0 bridgehead atoms. The molecule has 1 N–H and O–H groups in total. The van der Waals surface area contributed by atoms with Gasteiger partial charge in [0.15, 0.2) is 0 Å². The average molecular weight is 295 g/mol. The lowest BCUT2D eigenvalue weighted by atomic mass is 9.76. The van der Waals surface area contributed by atoms with Crippen LogP contribution in [0.15, 0.2) is 5.51 Å². The highest BCUT2D eigenvalue weighted by atomic mass is 32.1. The van der Waals surface area contributed by atoms with E-state index in [0.717, 1.165) is 6.04 Å². The lowest BCUT2D eigenvalue weighted by Gasteiger charge is -2.33. The zero-order chi connectivity index (χ0) is 14.4. The number of aryl methyl sites for hydroxylation is 2. The number of hydrogen-bond acceptors (Lipinski definition) is 3. The first-order valence-corrected chi connectivity index (χ1v) is 9.19. The van der Waals surface area contributed by atoms with Crippen molar-refractivity contribution >= 4 is 11.3 Å². The Balaban J connectivity index is 1.93. The Labute approximate surface area is 128 Å². The predicted octanol–water partition coefficient (Wildman–Crippen LogP) is 4.72. The van der Waals surface area contributed by atoms with Gasteiger partial charge >= 0.3 is 0 Å². The number of rotatable bonds is 10. The zero-order valence-corrected chi connectivity index (χ0v) is 14.2. The Morgan fingerprint density at radius 2 is 2.15 bits per heavy atom. The number of unbranched alkanes of at least 4 members (excludes halogenated alkanes) is 1. The summed E-state index contributed by atoms with van der Waals surface area (Å²) < 4.78 is 0. The second kappa shape index (κ2) is 7.56. The fourth-order valence-corrected chi connectivity index (χ4v) is 3.71. The summed E-state index contributed by atoms with van der Waals surface area (Å²) >= 11 is 1.83. The second-order valence-electron chi connectivity index (χ2n) is 6.47. The number of nitrogens with one attached hydrogen (secondary N) is 1. The summed E-state index contributed by atoms with van der Waals surface area (Å²) in [6.07, 6.45) is 10.6. The van der Waals surface area contributed by atoms with E-state index < -0.39 is 0 Å². The first-order chi connectivity index (χ1) is 9.69. The van der Waals surface area contributed by atoms with Gasteiger partial charge in [-0.25, -0.2) is 4.98 Å². The minimum absolute atomic E-state index is 0.495. The molecular formula is C17H30N2S. The van der Waals surface area contributed by atoms with Gasteiger partial charge in [0.2, 0.25) is 0 Å². The van der Waals surface area contributed by atoms with Crippen LogP contribution < -0.4 is 5.32 Å². The quantitative estimate of drug-likeness (QED) is 0.675. The summed E-state index contributed by atoms with van der Waals surface area (Å²) in [5.74, 6) is 0. The van der Waals surface area contributed by atoms with Crippen molar-refractivity contribution in [2.24, 2.45) is 5.41 Å². The summed E-state index contributed by atoms with van der Waals surface area (Å²) in [5.41, 5.74) is 3.73. The van der Waals surface area contributed by atoms with Gasteiger partial charge in [-0.05, 0) is 50.9 Å². The number of aromatic nitrogens is 1. The summed E-state index contributed by atoms with van der Waals surface area (Å²) in [4.78, 5) is 5.88. The molecule has 1 aliphatic carbocycles. The number of hydrogen-bond donors (Lipinski definition) is 1. The molecule has 1 saturated carbocycles. The van der Waals surface area contributed by atoms with Crippen molar-refractivity contribution in [1.82, 2.24) is 10.3 Å². The van der Waals surface area contributed by atoms with E-state index in [2.05, 4.69) is 31.1 Å². The van der Waals surface area contributed by atoms with E-state index in [1.807, 2.05) is 16.8 Å². The lowest BCUT2D eigenvalue weighted by molar-refractivity contribution is 0.211. The van der Waals surface area contributed by atoms with E-state index in [-0.39, 0.29) is 0 Å². The molecule has 0 saturated heterocycles. The lowest BCUT2D eigenvalue weighted by Crippen LogP contribution is -2.35. The number of thiazole rings is 1. The minimum atomic E-state index is 0.495. The maximum atomic E-state index is 4.39. The Morgan fingerprint density at radius 1 is 1.35 bits per heavy atom. The first kappa shape index (κ1) is 16.0. The Bertz CT molecular complexity index is 397. The normalized spacial score (nSPS) is 18.1. The molecule has 1 aromatic heterocycles. The molecule has 114 valence electrons. The highest BCUT2D eigenvalue weighted by Gasteiger charge is 2.30. The summed E-state index contributed by atoms with van der Waals surface area (Å²) in [5, 5.41) is 3.79. The molecule has 2 rings (SSSR count). The fraction of sp³-hybridized carbons (Fsp3) is 0.824. The molecule has 2 nitrogen and oxygen atoms in total. The van der Waals surface area contributed by atoms with Crippen molar-refractivity contribution in [2.45, 2.75) is 78.2 Å². The topological polar surface area (TPSA) is 24.9 Å². The van der Waals surface area contributed by atoms with Crippen LogP contribution in [0.4, 0.5) is 0 Å². The largest absolute Gasteiger partial charge is 0.313 e. The van der Waals surface area contributed by atoms with E-state index in [9.17, 15) is 0 Å². The molecule has 0 spiro atoms. The molecule has 3 heteroatoms. The molecule has 1 aliphatic rings. The zero-order valence-electron chi connectivity index (χ0n) is 13.4. The van der Waals surface area contributed by atoms with Crippen molar-refractivity contribution in [1.29, 1.82) is 0 Å². The second-order valence-corrected chi connectivity index (χ2v) is 7.41. The SMILES string of the molecule is CCCCC(CC)(CCc1scnc1C)CNC1CC1. The minimum Gasteiger partial charge on any atom is -0.313 e. The molecule has 1 aromatic rings. The van der Waals surface area contributed by atoms with Crippen LogP contribution in [0.1, 0.15) is 69.4 Å². The highest BCUT2D eigenvalue weighted by Crippen LogP contribution is 2.35. The molecule has 1 heterocycles. The van der Waals surface area contributed by atoms with Crippen molar-refractivity contribution < 1.29 is 0 Å². The summed E-state index contributed by atoms with van der Waals surface area (Å²) in [6, 6.07) is 0.827. The van der Waals surface area contributed by atoms with Crippen LogP contribution in [0.3, 0.4) is 0 Å². The molecule has 0 radical (unpaired) electrons. The third kappa shape index (κ3) is 4.56. The smallest absolute Gasteiger partial charge is 0.0797 e. The molecule has 0 aromatic carbocycles. The van der Waals surface area contributed by atoms with Crippen LogP contribution in [0.25, 0.3) is 0 Å².